The van der Waals surface area contributed by atoms with E-state index in [0.29, 0.717) is 30.1 Å². The topological polar surface area (TPSA) is 73.2 Å². The first-order valence-electron chi connectivity index (χ1n) is 7.14. The number of halogens is 1. The van der Waals surface area contributed by atoms with Crippen molar-refractivity contribution in [2.24, 2.45) is 5.92 Å². The predicted molar refractivity (Wildman–Crippen MR) is 88.6 cm³/mol. The normalized spacial score (nSPS) is 16.8. The van der Waals surface area contributed by atoms with Crippen molar-refractivity contribution < 1.29 is 8.42 Å². The van der Waals surface area contributed by atoms with Gasteiger partial charge in [0, 0.05) is 13.1 Å². The van der Waals surface area contributed by atoms with Crippen molar-refractivity contribution in [3.8, 4) is 6.07 Å². The third-order valence-electron chi connectivity index (χ3n) is 4.02. The highest BCUT2D eigenvalue weighted by Crippen LogP contribution is 2.24. The molecule has 22 heavy (non-hydrogen) atoms. The van der Waals surface area contributed by atoms with E-state index >= 15 is 0 Å². The zero-order valence-electron chi connectivity index (χ0n) is 12.9. The van der Waals surface area contributed by atoms with E-state index in [9.17, 15) is 8.42 Å². The zero-order chi connectivity index (χ0) is 15.5. The van der Waals surface area contributed by atoms with Crippen LogP contribution in [0.2, 0.25) is 0 Å². The summed E-state index contributed by atoms with van der Waals surface area (Å²) in [4.78, 5) is 0.283. The lowest BCUT2D eigenvalue weighted by molar-refractivity contribution is 0.270. The van der Waals surface area contributed by atoms with Gasteiger partial charge in [0.25, 0.3) is 0 Å². The van der Waals surface area contributed by atoms with Crippen LogP contribution in [0.15, 0.2) is 23.1 Å². The summed E-state index contributed by atoms with van der Waals surface area (Å²) in [6.45, 7) is 3.82. The molecule has 0 aromatic heterocycles. The summed E-state index contributed by atoms with van der Waals surface area (Å²) in [5.41, 5.74) is 1.21. The van der Waals surface area contributed by atoms with Crippen molar-refractivity contribution in [3.05, 3.63) is 29.3 Å². The van der Waals surface area contributed by atoms with E-state index in [1.54, 1.807) is 23.4 Å². The standard InChI is InChI=1S/C15H21N3O2S.ClH/c1-12-9-15(4-3-14(12)10-16)21(19,20)18-7-5-13(6-8-18)11-17-2;/h3-4,9,13,17H,5-8,11H2,1-2H3;1H. The number of rotatable bonds is 4. The molecule has 0 unspecified atom stereocenters. The number of piperidine rings is 1. The Morgan fingerprint density at radius 1 is 1.36 bits per heavy atom. The third-order valence-corrected chi connectivity index (χ3v) is 5.92. The monoisotopic (exact) mass is 343 g/mol. The highest BCUT2D eigenvalue weighted by atomic mass is 35.5. The summed E-state index contributed by atoms with van der Waals surface area (Å²) in [5.74, 6) is 0.546. The van der Waals surface area contributed by atoms with E-state index in [-0.39, 0.29) is 17.3 Å². The van der Waals surface area contributed by atoms with Crippen LogP contribution in [0, 0.1) is 24.2 Å². The molecule has 0 radical (unpaired) electrons. The maximum Gasteiger partial charge on any atom is 0.243 e. The zero-order valence-corrected chi connectivity index (χ0v) is 14.5. The number of nitrogens with one attached hydrogen (secondary N) is 1. The van der Waals surface area contributed by atoms with Crippen LogP contribution in [0.25, 0.3) is 0 Å². The number of nitriles is 1. The molecule has 2 rings (SSSR count). The molecule has 1 aliphatic heterocycles. The Bertz CT molecular complexity index is 647. The maximum absolute atomic E-state index is 12.6. The molecule has 0 aliphatic carbocycles. The molecule has 0 saturated carbocycles. The largest absolute Gasteiger partial charge is 0.319 e. The fraction of sp³-hybridized carbons (Fsp3) is 0.533. The van der Waals surface area contributed by atoms with Gasteiger partial charge in [-0.1, -0.05) is 0 Å². The summed E-state index contributed by atoms with van der Waals surface area (Å²) in [6, 6.07) is 6.76. The molecule has 1 aromatic carbocycles. The summed E-state index contributed by atoms with van der Waals surface area (Å²) in [7, 11) is -1.53. The molecule has 122 valence electrons. The number of aryl methyl sites for hydroxylation is 1. The average molecular weight is 344 g/mol. The maximum atomic E-state index is 12.6. The highest BCUT2D eigenvalue weighted by Gasteiger charge is 2.29. The highest BCUT2D eigenvalue weighted by molar-refractivity contribution is 7.89. The van der Waals surface area contributed by atoms with Gasteiger partial charge in [-0.2, -0.15) is 9.57 Å². The van der Waals surface area contributed by atoms with E-state index in [1.165, 1.54) is 6.07 Å². The molecule has 0 bridgehead atoms. The number of sulfonamides is 1. The molecule has 0 amide bonds. The van der Waals surface area contributed by atoms with Gasteiger partial charge in [-0.05, 0) is 63.0 Å². The van der Waals surface area contributed by atoms with Crippen LogP contribution in [0.3, 0.4) is 0 Å². The minimum Gasteiger partial charge on any atom is -0.319 e. The molecule has 1 aliphatic rings. The van der Waals surface area contributed by atoms with Crippen molar-refractivity contribution in [3.63, 3.8) is 0 Å². The molecule has 7 heteroatoms. The Morgan fingerprint density at radius 3 is 2.50 bits per heavy atom. The summed E-state index contributed by atoms with van der Waals surface area (Å²) in [5, 5.41) is 12.1. The van der Waals surface area contributed by atoms with Crippen molar-refractivity contribution >= 4 is 22.4 Å². The number of hydrogen-bond donors (Lipinski definition) is 1. The molecule has 0 atom stereocenters. The molecule has 5 nitrogen and oxygen atoms in total. The Labute approximate surface area is 138 Å². The van der Waals surface area contributed by atoms with E-state index < -0.39 is 10.0 Å². The summed E-state index contributed by atoms with van der Waals surface area (Å²) in [6.07, 6.45) is 1.77. The molecule has 0 spiro atoms. The second kappa shape index (κ2) is 7.93. The Morgan fingerprint density at radius 2 is 2.00 bits per heavy atom. The lowest BCUT2D eigenvalue weighted by Gasteiger charge is -2.31. The SMILES string of the molecule is CNCC1CCN(S(=O)(=O)c2ccc(C#N)c(C)c2)CC1.Cl. The number of hydrogen-bond acceptors (Lipinski definition) is 4. The Kier molecular flexibility index (Phi) is 6.82. The van der Waals surface area contributed by atoms with Gasteiger partial charge in [0.05, 0.1) is 16.5 Å². The Balaban J connectivity index is 0.00000242. The summed E-state index contributed by atoms with van der Waals surface area (Å²) >= 11 is 0. The van der Waals surface area contributed by atoms with Crippen molar-refractivity contribution in [2.75, 3.05) is 26.7 Å². The van der Waals surface area contributed by atoms with Crippen LogP contribution in [0.1, 0.15) is 24.0 Å². The summed E-state index contributed by atoms with van der Waals surface area (Å²) < 4.78 is 26.8. The van der Waals surface area contributed by atoms with Crippen molar-refractivity contribution in [2.45, 2.75) is 24.7 Å². The second-order valence-corrected chi connectivity index (χ2v) is 7.43. The van der Waals surface area contributed by atoms with Crippen LogP contribution >= 0.6 is 12.4 Å². The fourth-order valence-corrected chi connectivity index (χ4v) is 4.27. The van der Waals surface area contributed by atoms with E-state index in [2.05, 4.69) is 11.4 Å². The molecular formula is C15H22ClN3O2S. The number of nitrogens with zero attached hydrogens (tertiary/aromatic N) is 2. The molecule has 1 aromatic rings. The van der Waals surface area contributed by atoms with Crippen molar-refractivity contribution in [1.29, 1.82) is 5.26 Å². The molecule has 1 heterocycles. The third kappa shape index (κ3) is 3.99. The molecular weight excluding hydrogens is 322 g/mol. The Hall–Kier alpha value is -1.13. The first-order chi connectivity index (χ1) is 9.98. The van der Waals surface area contributed by atoms with E-state index in [4.69, 9.17) is 5.26 Å². The lowest BCUT2D eigenvalue weighted by Crippen LogP contribution is -2.40. The molecule has 1 fully saturated rings. The molecule has 1 N–H and O–H groups in total. The van der Waals surface area contributed by atoms with E-state index in [0.717, 1.165) is 19.4 Å². The van der Waals surface area contributed by atoms with Gasteiger partial charge in [-0.25, -0.2) is 8.42 Å². The fourth-order valence-electron chi connectivity index (χ4n) is 2.71. The van der Waals surface area contributed by atoms with Crippen LogP contribution in [-0.4, -0.2) is 39.4 Å². The quantitative estimate of drug-likeness (QED) is 0.906. The molecule has 1 saturated heterocycles. The van der Waals surface area contributed by atoms with Gasteiger partial charge >= 0.3 is 0 Å². The van der Waals surface area contributed by atoms with Crippen LogP contribution in [-0.2, 0) is 10.0 Å². The lowest BCUT2D eigenvalue weighted by atomic mass is 9.98. The van der Waals surface area contributed by atoms with Gasteiger partial charge in [0.1, 0.15) is 0 Å². The predicted octanol–water partition coefficient (Wildman–Crippen LogP) is 1.91. The first kappa shape index (κ1) is 18.9. The smallest absolute Gasteiger partial charge is 0.243 e. The second-order valence-electron chi connectivity index (χ2n) is 5.49. The van der Waals surface area contributed by atoms with Gasteiger partial charge in [-0.15, -0.1) is 12.4 Å². The van der Waals surface area contributed by atoms with Gasteiger partial charge in [0.2, 0.25) is 10.0 Å². The first-order valence-corrected chi connectivity index (χ1v) is 8.58. The van der Waals surface area contributed by atoms with E-state index in [1.807, 2.05) is 7.05 Å². The number of benzene rings is 1. The van der Waals surface area contributed by atoms with Crippen molar-refractivity contribution in [1.82, 2.24) is 9.62 Å². The van der Waals surface area contributed by atoms with Crippen LogP contribution in [0.5, 0.6) is 0 Å². The van der Waals surface area contributed by atoms with Gasteiger partial charge in [0.15, 0.2) is 0 Å². The van der Waals surface area contributed by atoms with Gasteiger partial charge in [-0.3, -0.25) is 0 Å². The average Bonchev–Trinajstić information content (AvgIpc) is 2.48. The van der Waals surface area contributed by atoms with Crippen LogP contribution < -0.4 is 5.32 Å². The minimum atomic E-state index is -3.44. The minimum absolute atomic E-state index is 0. The van der Waals surface area contributed by atoms with Gasteiger partial charge < -0.3 is 5.32 Å². The van der Waals surface area contributed by atoms with Crippen LogP contribution in [0.4, 0.5) is 0 Å².